The van der Waals surface area contributed by atoms with E-state index in [0.717, 1.165) is 11.5 Å². The molecule has 4 bridgehead atoms. The van der Waals surface area contributed by atoms with Crippen LogP contribution in [0.4, 0.5) is 0 Å². The highest BCUT2D eigenvalue weighted by atomic mass is 32.2. The Morgan fingerprint density at radius 3 is 2.21 bits per heavy atom. The first-order valence-electron chi connectivity index (χ1n) is 8.62. The fourth-order valence-electron chi connectivity index (χ4n) is 3.35. The summed E-state index contributed by atoms with van der Waals surface area (Å²) in [6.45, 7) is 0. The van der Waals surface area contributed by atoms with Crippen molar-refractivity contribution in [1.29, 1.82) is 0 Å². The molecule has 0 nitrogen and oxygen atoms in total. The van der Waals surface area contributed by atoms with Gasteiger partial charge in [-0.05, 0) is 57.4 Å². The third-order valence-electron chi connectivity index (χ3n) is 4.60. The predicted octanol–water partition coefficient (Wildman–Crippen LogP) is 6.11. The van der Waals surface area contributed by atoms with E-state index in [9.17, 15) is 0 Å². The number of hydrogen-bond acceptors (Lipinski definition) is 2. The van der Waals surface area contributed by atoms with Gasteiger partial charge in [0.2, 0.25) is 0 Å². The Hall–Kier alpha value is -1.38. The van der Waals surface area contributed by atoms with Crippen molar-refractivity contribution in [3.8, 4) is 0 Å². The quantitative estimate of drug-likeness (QED) is 0.480. The van der Waals surface area contributed by atoms with Crippen molar-refractivity contribution in [3.05, 3.63) is 82.9 Å². The van der Waals surface area contributed by atoms with Gasteiger partial charge in [0, 0.05) is 11.5 Å². The molecule has 0 fully saturated rings. The maximum Gasteiger partial charge on any atom is 0.0190 e. The molecule has 0 atom stereocenters. The van der Waals surface area contributed by atoms with Crippen LogP contribution in [0.25, 0.3) is 10.8 Å². The van der Waals surface area contributed by atoms with Gasteiger partial charge in [-0.2, -0.15) is 23.5 Å². The second-order valence-electron chi connectivity index (χ2n) is 6.40. The van der Waals surface area contributed by atoms with Gasteiger partial charge < -0.3 is 0 Å². The molecule has 122 valence electrons. The van der Waals surface area contributed by atoms with Gasteiger partial charge in [-0.15, -0.1) is 0 Å². The Morgan fingerprint density at radius 1 is 0.625 bits per heavy atom. The summed E-state index contributed by atoms with van der Waals surface area (Å²) in [5.41, 5.74) is 5.95. The molecular formula is C22H22S2. The van der Waals surface area contributed by atoms with Gasteiger partial charge in [0.15, 0.2) is 0 Å². The Bertz CT molecular complexity index is 838. The van der Waals surface area contributed by atoms with Gasteiger partial charge >= 0.3 is 0 Å². The van der Waals surface area contributed by atoms with Gasteiger partial charge in [0.1, 0.15) is 0 Å². The van der Waals surface area contributed by atoms with Crippen LogP contribution in [0.5, 0.6) is 0 Å². The SMILES string of the molecule is c1cc2cc(c1)CCSCc1cc(cc3ccccc13)CSCC2. The topological polar surface area (TPSA) is 0 Å². The number of rotatable bonds is 0. The molecule has 0 N–H and O–H groups in total. The van der Waals surface area contributed by atoms with E-state index in [-0.39, 0.29) is 0 Å². The molecule has 24 heavy (non-hydrogen) atoms. The molecule has 1 heterocycles. The average Bonchev–Trinajstić information content (AvgIpc) is 2.62. The number of fused-ring (bicyclic) bond motifs is 6. The van der Waals surface area contributed by atoms with E-state index in [0.29, 0.717) is 0 Å². The van der Waals surface area contributed by atoms with Gasteiger partial charge in [-0.3, -0.25) is 0 Å². The molecule has 0 saturated heterocycles. The molecule has 0 aliphatic carbocycles. The van der Waals surface area contributed by atoms with Crippen molar-refractivity contribution in [3.63, 3.8) is 0 Å². The fraction of sp³-hybridized carbons (Fsp3) is 0.273. The van der Waals surface area contributed by atoms with E-state index >= 15 is 0 Å². The molecule has 3 aromatic rings. The van der Waals surface area contributed by atoms with Gasteiger partial charge in [0.05, 0.1) is 0 Å². The molecule has 0 aromatic heterocycles. The standard InChI is InChI=1S/C22H22S2/c1-2-7-22-20(6-1)13-19-14-21(22)16-24-11-9-18-5-3-4-17(12-18)8-10-23-15-19/h1-7,12-14H,8-11,15-16H2. The lowest BCUT2D eigenvalue weighted by Gasteiger charge is -2.12. The minimum Gasteiger partial charge on any atom is -0.157 e. The highest BCUT2D eigenvalue weighted by Gasteiger charge is 2.06. The molecule has 0 radical (unpaired) electrons. The zero-order chi connectivity index (χ0) is 16.2. The van der Waals surface area contributed by atoms with Crippen LogP contribution in [0.15, 0.2) is 60.7 Å². The van der Waals surface area contributed by atoms with Crippen LogP contribution in [0.1, 0.15) is 22.3 Å². The first kappa shape index (κ1) is 16.1. The molecular weight excluding hydrogens is 328 g/mol. The largest absolute Gasteiger partial charge is 0.157 e. The second-order valence-corrected chi connectivity index (χ2v) is 8.61. The smallest absolute Gasteiger partial charge is 0.0190 e. The van der Waals surface area contributed by atoms with Crippen molar-refractivity contribution < 1.29 is 0 Å². The van der Waals surface area contributed by atoms with E-state index in [1.807, 2.05) is 0 Å². The van der Waals surface area contributed by atoms with E-state index in [1.54, 1.807) is 0 Å². The first-order valence-corrected chi connectivity index (χ1v) is 10.9. The maximum atomic E-state index is 2.44. The fourth-order valence-corrected chi connectivity index (χ4v) is 5.26. The Kier molecular flexibility index (Phi) is 5.15. The van der Waals surface area contributed by atoms with Gasteiger partial charge in [-0.1, -0.05) is 60.7 Å². The molecule has 0 unspecified atom stereocenters. The van der Waals surface area contributed by atoms with Crippen molar-refractivity contribution >= 4 is 34.3 Å². The summed E-state index contributed by atoms with van der Waals surface area (Å²) in [5.74, 6) is 4.61. The summed E-state index contributed by atoms with van der Waals surface area (Å²) in [7, 11) is 0. The van der Waals surface area contributed by atoms with Crippen molar-refractivity contribution in [2.24, 2.45) is 0 Å². The number of benzene rings is 3. The van der Waals surface area contributed by atoms with E-state index < -0.39 is 0 Å². The zero-order valence-electron chi connectivity index (χ0n) is 13.8. The predicted molar refractivity (Wildman–Crippen MR) is 110 cm³/mol. The zero-order valence-corrected chi connectivity index (χ0v) is 15.5. The molecule has 4 rings (SSSR count). The minimum atomic E-state index is 1.11. The van der Waals surface area contributed by atoms with Gasteiger partial charge in [-0.25, -0.2) is 0 Å². The number of thioether (sulfide) groups is 2. The lowest BCUT2D eigenvalue weighted by Crippen LogP contribution is -1.96. The minimum absolute atomic E-state index is 1.11. The van der Waals surface area contributed by atoms with Crippen LogP contribution in [0.3, 0.4) is 0 Å². The molecule has 0 saturated carbocycles. The van der Waals surface area contributed by atoms with Crippen LogP contribution in [0.2, 0.25) is 0 Å². The summed E-state index contributed by atoms with van der Waals surface area (Å²) in [6, 6.07) is 22.8. The highest BCUT2D eigenvalue weighted by Crippen LogP contribution is 2.27. The molecule has 0 amide bonds. The van der Waals surface area contributed by atoms with Crippen LogP contribution in [-0.4, -0.2) is 11.5 Å². The van der Waals surface area contributed by atoms with Crippen LogP contribution in [0, 0.1) is 0 Å². The summed E-state index contributed by atoms with van der Waals surface area (Å²) >= 11 is 4.11. The molecule has 1 aliphatic rings. The lowest BCUT2D eigenvalue weighted by molar-refractivity contribution is 1.10. The van der Waals surface area contributed by atoms with Crippen molar-refractivity contribution in [2.45, 2.75) is 24.3 Å². The van der Waals surface area contributed by atoms with Crippen molar-refractivity contribution in [1.82, 2.24) is 0 Å². The van der Waals surface area contributed by atoms with E-state index in [2.05, 4.69) is 84.2 Å². The Balaban J connectivity index is 1.62. The lowest BCUT2D eigenvalue weighted by atomic mass is 10.0. The maximum absolute atomic E-state index is 2.44. The molecule has 0 spiro atoms. The molecule has 3 aromatic carbocycles. The van der Waals surface area contributed by atoms with Crippen LogP contribution < -0.4 is 0 Å². The summed E-state index contributed by atoms with van der Waals surface area (Å²) < 4.78 is 0. The van der Waals surface area contributed by atoms with Gasteiger partial charge in [0.25, 0.3) is 0 Å². The van der Waals surface area contributed by atoms with E-state index in [1.165, 1.54) is 57.4 Å². The third kappa shape index (κ3) is 3.81. The Labute approximate surface area is 153 Å². The molecule has 1 aliphatic heterocycles. The Morgan fingerprint density at radius 2 is 1.38 bits per heavy atom. The first-order chi connectivity index (χ1) is 11.9. The second kappa shape index (κ2) is 7.67. The molecule has 2 heteroatoms. The van der Waals surface area contributed by atoms with E-state index in [4.69, 9.17) is 0 Å². The van der Waals surface area contributed by atoms with Crippen LogP contribution >= 0.6 is 23.5 Å². The summed E-state index contributed by atoms with van der Waals surface area (Å²) in [5, 5.41) is 2.82. The summed E-state index contributed by atoms with van der Waals surface area (Å²) in [6.07, 6.45) is 2.34. The highest BCUT2D eigenvalue weighted by molar-refractivity contribution is 7.98. The van der Waals surface area contributed by atoms with Crippen molar-refractivity contribution in [2.75, 3.05) is 11.5 Å². The monoisotopic (exact) mass is 350 g/mol. The number of aryl methyl sites for hydroxylation is 2. The normalized spacial score (nSPS) is 15.8. The number of hydrogen-bond donors (Lipinski definition) is 0. The summed E-state index contributed by atoms with van der Waals surface area (Å²) in [4.78, 5) is 0. The van der Waals surface area contributed by atoms with Crippen LogP contribution in [-0.2, 0) is 24.3 Å². The third-order valence-corrected chi connectivity index (χ3v) is 6.63. The average molecular weight is 351 g/mol.